The van der Waals surface area contributed by atoms with E-state index in [1.807, 2.05) is 0 Å². The van der Waals surface area contributed by atoms with E-state index in [-0.39, 0.29) is 49.7 Å². The zero-order chi connectivity index (χ0) is 12.8. The number of hydrogen-bond acceptors (Lipinski definition) is 4. The number of benzene rings is 1. The molecule has 19 heavy (non-hydrogen) atoms. The third kappa shape index (κ3) is 7.92. The third-order valence-corrected chi connectivity index (χ3v) is 2.00. The quantitative estimate of drug-likeness (QED) is 0.296. The van der Waals surface area contributed by atoms with E-state index in [2.05, 4.69) is 0 Å². The monoisotopic (exact) mass is 250 g/mol. The maximum absolute atomic E-state index is 12.6. The fourth-order valence-electron chi connectivity index (χ4n) is 1.14. The Morgan fingerprint density at radius 3 is 2.05 bits per heavy atom. The van der Waals surface area contributed by atoms with Gasteiger partial charge in [-0.2, -0.15) is 0 Å². The Morgan fingerprint density at radius 1 is 1.05 bits per heavy atom. The topological polar surface area (TPSA) is 80.3 Å². The molecule has 0 aliphatic heterocycles. The van der Waals surface area contributed by atoms with Gasteiger partial charge in [-0.25, -0.2) is 4.39 Å². The van der Waals surface area contributed by atoms with Gasteiger partial charge in [0.1, 0.15) is 5.82 Å². The van der Waals surface area contributed by atoms with Gasteiger partial charge in [0.05, 0.1) is 0 Å². The van der Waals surface area contributed by atoms with Crippen molar-refractivity contribution in [2.75, 3.05) is 0 Å². The van der Waals surface area contributed by atoms with E-state index in [4.69, 9.17) is 0 Å². The van der Waals surface area contributed by atoms with E-state index in [0.29, 0.717) is 0 Å². The van der Waals surface area contributed by atoms with Crippen LogP contribution in [0.5, 0.6) is 0 Å². The number of hydrogen-bond donors (Lipinski definition) is 0. The number of ketones is 1. The number of aliphatic carboxylic acids is 1. The molecule has 7 heteroatoms. The first-order chi connectivity index (χ1) is 7.99. The van der Waals surface area contributed by atoms with Crippen LogP contribution in [0, 0.1) is 5.82 Å². The second-order valence-corrected chi connectivity index (χ2v) is 3.35. The van der Waals surface area contributed by atoms with Gasteiger partial charge in [-0.15, -0.1) is 0 Å². The van der Waals surface area contributed by atoms with Crippen molar-refractivity contribution in [1.29, 1.82) is 0 Å². The minimum atomic E-state index is -1.35. The molecule has 0 radical (unpaired) electrons. The van der Waals surface area contributed by atoms with Crippen LogP contribution in [0.25, 0.3) is 5.76 Å². The van der Waals surface area contributed by atoms with Crippen LogP contribution in [-0.4, -0.2) is 11.8 Å². The maximum Gasteiger partial charge on any atom is 1.00 e. The standard InChI is InChI=1S/C12H11FO4.2Li/c13-9-3-1-8(2-4-9)11(15)7-10(14)5-6-12(16)17;;/h1-4,7,15H,5-6H2,(H,16,17);;/q;2*+1/p-2. The van der Waals surface area contributed by atoms with Crippen molar-refractivity contribution in [1.82, 2.24) is 0 Å². The van der Waals surface area contributed by atoms with Crippen LogP contribution in [-0.2, 0) is 9.59 Å². The smallest absolute Gasteiger partial charge is 0.872 e. The largest absolute Gasteiger partial charge is 1.00 e. The van der Waals surface area contributed by atoms with Gasteiger partial charge < -0.3 is 15.0 Å². The Labute approximate surface area is 134 Å². The number of carbonyl (C=O) groups excluding carboxylic acids is 2. The van der Waals surface area contributed by atoms with Gasteiger partial charge >= 0.3 is 37.7 Å². The summed E-state index contributed by atoms with van der Waals surface area (Å²) in [7, 11) is 0. The average molecular weight is 250 g/mol. The van der Waals surface area contributed by atoms with Gasteiger partial charge in [-0.05, 0) is 30.2 Å². The predicted molar refractivity (Wildman–Crippen MR) is 53.6 cm³/mol. The Balaban J connectivity index is 0. The third-order valence-electron chi connectivity index (χ3n) is 2.00. The summed E-state index contributed by atoms with van der Waals surface area (Å²) in [6.45, 7) is 0. The minimum Gasteiger partial charge on any atom is -0.872 e. The summed E-state index contributed by atoms with van der Waals surface area (Å²) >= 11 is 0. The molecule has 1 aromatic rings. The van der Waals surface area contributed by atoms with Gasteiger partial charge in [0.15, 0.2) is 5.78 Å². The molecule has 0 spiro atoms. The summed E-state index contributed by atoms with van der Waals surface area (Å²) in [6, 6.07) is 4.71. The molecule has 1 rings (SSSR count). The van der Waals surface area contributed by atoms with Crippen molar-refractivity contribution in [3.63, 3.8) is 0 Å². The van der Waals surface area contributed by atoms with Gasteiger partial charge in [0.25, 0.3) is 0 Å². The SMILES string of the molecule is O=C([O-])CCC(=O)C=C([O-])c1ccc(F)cc1.[Li+].[Li+]. The van der Waals surface area contributed by atoms with E-state index in [0.717, 1.165) is 18.2 Å². The molecular formula is C12H9FLi2O4. The van der Waals surface area contributed by atoms with Gasteiger partial charge in [-0.1, -0.05) is 17.9 Å². The van der Waals surface area contributed by atoms with Crippen LogP contribution in [0.1, 0.15) is 18.4 Å². The van der Waals surface area contributed by atoms with E-state index in [1.54, 1.807) is 0 Å². The van der Waals surface area contributed by atoms with Crippen LogP contribution in [0.15, 0.2) is 30.3 Å². The molecule has 0 aliphatic carbocycles. The molecule has 0 aromatic heterocycles. The Kier molecular flexibility index (Phi) is 10.6. The molecular weight excluding hydrogens is 241 g/mol. The first-order valence-electron chi connectivity index (χ1n) is 4.86. The second-order valence-electron chi connectivity index (χ2n) is 3.35. The molecule has 0 amide bonds. The Hall–Kier alpha value is -0.975. The number of carboxylic acid groups (broad SMARTS) is 1. The number of carbonyl (C=O) groups is 2. The zero-order valence-corrected chi connectivity index (χ0v) is 10.8. The summed E-state index contributed by atoms with van der Waals surface area (Å²) in [5, 5.41) is 21.5. The van der Waals surface area contributed by atoms with Gasteiger partial charge in [-0.3, -0.25) is 4.79 Å². The van der Waals surface area contributed by atoms with Crippen molar-refractivity contribution in [2.45, 2.75) is 12.8 Å². The Bertz CT molecular complexity index is 457. The second kappa shape index (κ2) is 9.89. The van der Waals surface area contributed by atoms with Crippen LogP contribution < -0.4 is 47.9 Å². The van der Waals surface area contributed by atoms with Crippen LogP contribution >= 0.6 is 0 Å². The van der Waals surface area contributed by atoms with Crippen molar-refractivity contribution >= 4 is 17.5 Å². The van der Waals surface area contributed by atoms with Crippen molar-refractivity contribution in [2.24, 2.45) is 0 Å². The number of allylic oxidation sites excluding steroid dienone is 1. The fourth-order valence-corrected chi connectivity index (χ4v) is 1.14. The summed E-state index contributed by atoms with van der Waals surface area (Å²) in [5.41, 5.74) is 0.174. The molecule has 0 fully saturated rings. The molecule has 90 valence electrons. The van der Waals surface area contributed by atoms with Gasteiger partial charge in [0.2, 0.25) is 0 Å². The summed E-state index contributed by atoms with van der Waals surface area (Å²) in [5.74, 6) is -3.00. The Morgan fingerprint density at radius 2 is 1.58 bits per heavy atom. The first kappa shape index (κ1) is 20.3. The number of carboxylic acids is 1. The molecule has 0 bridgehead atoms. The maximum atomic E-state index is 12.6. The number of rotatable bonds is 5. The van der Waals surface area contributed by atoms with Crippen molar-refractivity contribution in [3.8, 4) is 0 Å². The van der Waals surface area contributed by atoms with Crippen molar-refractivity contribution < 1.29 is 61.9 Å². The molecule has 0 saturated carbocycles. The fraction of sp³-hybridized carbons (Fsp3) is 0.167. The zero-order valence-electron chi connectivity index (χ0n) is 10.8. The molecule has 0 aliphatic rings. The summed E-state index contributed by atoms with van der Waals surface area (Å²) < 4.78 is 12.6. The van der Waals surface area contributed by atoms with E-state index in [9.17, 15) is 24.2 Å². The van der Waals surface area contributed by atoms with E-state index >= 15 is 0 Å². The normalized spacial score (nSPS) is 10.1. The molecule has 0 N–H and O–H groups in total. The molecule has 1 aromatic carbocycles. The molecule has 0 unspecified atom stereocenters. The van der Waals surface area contributed by atoms with Crippen LogP contribution in [0.4, 0.5) is 4.39 Å². The van der Waals surface area contributed by atoms with Crippen LogP contribution in [0.2, 0.25) is 0 Å². The summed E-state index contributed by atoms with van der Waals surface area (Å²) in [4.78, 5) is 21.2. The molecule has 0 atom stereocenters. The van der Waals surface area contributed by atoms with Crippen molar-refractivity contribution in [3.05, 3.63) is 41.7 Å². The van der Waals surface area contributed by atoms with Crippen LogP contribution in [0.3, 0.4) is 0 Å². The molecule has 4 nitrogen and oxygen atoms in total. The number of halogens is 1. The van der Waals surface area contributed by atoms with E-state index < -0.39 is 29.7 Å². The summed E-state index contributed by atoms with van der Waals surface area (Å²) in [6.07, 6.45) is 0.0947. The first-order valence-corrected chi connectivity index (χ1v) is 4.86. The average Bonchev–Trinajstić information content (AvgIpc) is 2.27. The predicted octanol–water partition coefficient (Wildman–Crippen LogP) is -6.37. The van der Waals surface area contributed by atoms with Gasteiger partial charge in [0, 0.05) is 12.4 Å². The molecule has 0 saturated heterocycles. The van der Waals surface area contributed by atoms with E-state index in [1.165, 1.54) is 12.1 Å². The minimum absolute atomic E-state index is 0. The molecule has 0 heterocycles.